The first-order chi connectivity index (χ1) is 17.2. The number of sulfonamides is 1. The summed E-state index contributed by atoms with van der Waals surface area (Å²) in [7, 11) is -2.35. The molecule has 1 aromatic carbocycles. The lowest BCUT2D eigenvalue weighted by Crippen LogP contribution is -2.56. The van der Waals surface area contributed by atoms with Crippen molar-refractivity contribution in [3.05, 3.63) is 46.5 Å². The van der Waals surface area contributed by atoms with Crippen LogP contribution in [-0.2, 0) is 21.2 Å². The van der Waals surface area contributed by atoms with Crippen molar-refractivity contribution in [2.75, 3.05) is 29.6 Å². The van der Waals surface area contributed by atoms with E-state index >= 15 is 0 Å². The fraction of sp³-hybridized carbons (Fsp3) is 0.500. The number of aliphatic hydroxyl groups is 2. The Morgan fingerprint density at radius 1 is 1.14 bits per heavy atom. The van der Waals surface area contributed by atoms with Gasteiger partial charge in [-0.15, -0.1) is 11.3 Å². The summed E-state index contributed by atoms with van der Waals surface area (Å²) < 4.78 is 52.0. The molecular formula is C22H30F2N4O6S3. The van der Waals surface area contributed by atoms with Gasteiger partial charge >= 0.3 is 0 Å². The lowest BCUT2D eigenvalue weighted by atomic mass is 9.92. The van der Waals surface area contributed by atoms with E-state index in [1.165, 1.54) is 31.1 Å². The first-order valence-corrected chi connectivity index (χ1v) is 15.1. The van der Waals surface area contributed by atoms with Crippen LogP contribution in [0.3, 0.4) is 0 Å². The van der Waals surface area contributed by atoms with Crippen molar-refractivity contribution in [2.24, 2.45) is 0 Å². The maximum atomic E-state index is 13.8. The summed E-state index contributed by atoms with van der Waals surface area (Å²) in [5.41, 5.74) is -0.0570. The van der Waals surface area contributed by atoms with E-state index in [9.17, 15) is 37.0 Å². The zero-order valence-corrected chi connectivity index (χ0v) is 23.1. The van der Waals surface area contributed by atoms with Gasteiger partial charge in [-0.3, -0.25) is 9.59 Å². The van der Waals surface area contributed by atoms with E-state index in [-0.39, 0.29) is 22.8 Å². The fourth-order valence-corrected chi connectivity index (χ4v) is 5.47. The number of carbonyl (C=O) groups is 2. The number of hydrogen-bond donors (Lipinski definition) is 4. The highest BCUT2D eigenvalue weighted by atomic mass is 32.2. The maximum Gasteiger partial charge on any atom is 0.271 e. The van der Waals surface area contributed by atoms with Crippen molar-refractivity contribution in [1.82, 2.24) is 15.6 Å². The normalized spacial score (nSPS) is 14.9. The van der Waals surface area contributed by atoms with Crippen molar-refractivity contribution < 1.29 is 37.0 Å². The summed E-state index contributed by atoms with van der Waals surface area (Å²) in [5, 5.41) is 28.4. The Hall–Kier alpha value is -2.33. The van der Waals surface area contributed by atoms with Gasteiger partial charge in [-0.1, -0.05) is 0 Å². The molecule has 1 heterocycles. The number of thioether (sulfide) groups is 1. The first-order valence-electron chi connectivity index (χ1n) is 11.0. The van der Waals surface area contributed by atoms with Gasteiger partial charge in [0.2, 0.25) is 15.9 Å². The van der Waals surface area contributed by atoms with Crippen LogP contribution in [-0.4, -0.2) is 85.0 Å². The van der Waals surface area contributed by atoms with Crippen LogP contribution in [0.1, 0.15) is 29.4 Å². The molecule has 0 spiro atoms. The van der Waals surface area contributed by atoms with Crippen LogP contribution in [0, 0.1) is 11.6 Å². The Morgan fingerprint density at radius 3 is 2.27 bits per heavy atom. The van der Waals surface area contributed by atoms with Crippen LogP contribution < -0.4 is 14.9 Å². The SMILES string of the molecule is CSCC[C@@H](NC(C)=O)[C@@H](O)[C@H](O)[C@H](Cc1cc(F)cc(F)c1)NC(=O)c1csc(N(C)S(C)(=O)=O)n1. The number of anilines is 1. The van der Waals surface area contributed by atoms with Gasteiger partial charge in [0.15, 0.2) is 5.13 Å². The average molecular weight is 581 g/mol. The van der Waals surface area contributed by atoms with Crippen molar-refractivity contribution in [3.8, 4) is 0 Å². The minimum Gasteiger partial charge on any atom is -0.388 e. The molecule has 4 N–H and O–H groups in total. The highest BCUT2D eigenvalue weighted by Gasteiger charge is 2.34. The number of aliphatic hydroxyl groups excluding tert-OH is 2. The average Bonchev–Trinajstić information content (AvgIpc) is 3.28. The molecule has 4 atom stereocenters. The third-order valence-corrected chi connectivity index (χ3v) is 8.23. The van der Waals surface area contributed by atoms with Gasteiger partial charge in [-0.2, -0.15) is 11.8 Å². The van der Waals surface area contributed by atoms with E-state index in [4.69, 9.17) is 0 Å². The van der Waals surface area contributed by atoms with Crippen LogP contribution in [0.4, 0.5) is 13.9 Å². The summed E-state index contributed by atoms with van der Waals surface area (Å²) in [5.74, 6) is -2.41. The summed E-state index contributed by atoms with van der Waals surface area (Å²) in [6.45, 7) is 1.26. The molecule has 0 bridgehead atoms. The number of thiazole rings is 1. The number of benzene rings is 1. The van der Waals surface area contributed by atoms with Crippen molar-refractivity contribution in [3.63, 3.8) is 0 Å². The highest BCUT2D eigenvalue weighted by Crippen LogP contribution is 2.22. The number of hydrogen-bond acceptors (Lipinski definition) is 9. The minimum absolute atomic E-state index is 0.0276. The van der Waals surface area contributed by atoms with E-state index in [0.717, 1.165) is 34.0 Å². The molecule has 15 heteroatoms. The van der Waals surface area contributed by atoms with Crippen molar-refractivity contribution in [2.45, 2.75) is 44.1 Å². The second-order valence-corrected chi connectivity index (χ2v) is 12.2. The Balaban J connectivity index is 2.35. The monoisotopic (exact) mass is 580 g/mol. The molecule has 206 valence electrons. The summed E-state index contributed by atoms with van der Waals surface area (Å²) in [6.07, 6.45) is -0.357. The summed E-state index contributed by atoms with van der Waals surface area (Å²) in [6, 6.07) is 0.613. The largest absolute Gasteiger partial charge is 0.388 e. The van der Waals surface area contributed by atoms with Crippen LogP contribution in [0.2, 0.25) is 0 Å². The molecule has 0 aliphatic rings. The topological polar surface area (TPSA) is 149 Å². The van der Waals surface area contributed by atoms with Gasteiger partial charge in [0, 0.05) is 25.4 Å². The van der Waals surface area contributed by atoms with Gasteiger partial charge in [-0.25, -0.2) is 26.5 Å². The predicted octanol–water partition coefficient (Wildman–Crippen LogP) is 1.14. The molecule has 0 radical (unpaired) electrons. The highest BCUT2D eigenvalue weighted by molar-refractivity contribution is 7.98. The Bertz CT molecular complexity index is 1180. The molecule has 0 aliphatic carbocycles. The smallest absolute Gasteiger partial charge is 0.271 e. The lowest BCUT2D eigenvalue weighted by molar-refractivity contribution is -0.121. The van der Waals surface area contributed by atoms with E-state index in [1.807, 2.05) is 6.26 Å². The van der Waals surface area contributed by atoms with Gasteiger partial charge in [0.1, 0.15) is 29.5 Å². The Morgan fingerprint density at radius 2 is 1.73 bits per heavy atom. The first kappa shape index (κ1) is 30.9. The zero-order chi connectivity index (χ0) is 27.9. The second-order valence-electron chi connectivity index (χ2n) is 8.38. The maximum absolute atomic E-state index is 13.8. The molecular weight excluding hydrogens is 550 g/mol. The van der Waals surface area contributed by atoms with Crippen molar-refractivity contribution >= 4 is 50.1 Å². The van der Waals surface area contributed by atoms with Crippen LogP contribution in [0.15, 0.2) is 23.6 Å². The molecule has 0 unspecified atom stereocenters. The zero-order valence-electron chi connectivity index (χ0n) is 20.6. The predicted molar refractivity (Wildman–Crippen MR) is 139 cm³/mol. The summed E-state index contributed by atoms with van der Waals surface area (Å²) in [4.78, 5) is 28.6. The third-order valence-electron chi connectivity index (χ3n) is 5.38. The molecule has 2 aromatic rings. The number of nitrogens with zero attached hydrogens (tertiary/aromatic N) is 2. The van der Waals surface area contributed by atoms with E-state index in [0.29, 0.717) is 18.2 Å². The number of rotatable bonds is 13. The standard InChI is InChI=1S/C22H30F2N4O6S3/c1-12(29)25-16(5-6-35-3)19(30)20(31)17(9-13-7-14(23)10-15(24)8-13)26-21(32)18-11-36-22(27-18)28(2)37(4,33)34/h7-8,10-11,16-17,19-20,30-31H,5-6,9H2,1-4H3,(H,25,29)(H,26,32)/t16-,17+,19-,20-/m1/s1. The minimum atomic E-state index is -3.62. The number of nitrogens with one attached hydrogen (secondary N) is 2. The number of aromatic nitrogens is 1. The number of amides is 2. The van der Waals surface area contributed by atoms with Crippen LogP contribution >= 0.6 is 23.1 Å². The fourth-order valence-electron chi connectivity index (χ4n) is 3.45. The van der Waals surface area contributed by atoms with E-state index < -0.39 is 57.8 Å². The quantitative estimate of drug-likeness (QED) is 0.276. The van der Waals surface area contributed by atoms with Gasteiger partial charge in [-0.05, 0) is 42.5 Å². The molecule has 2 rings (SSSR count). The number of carbonyl (C=O) groups excluding carboxylic acids is 2. The molecule has 0 saturated carbocycles. The molecule has 0 saturated heterocycles. The van der Waals surface area contributed by atoms with E-state index in [2.05, 4.69) is 15.6 Å². The van der Waals surface area contributed by atoms with Crippen molar-refractivity contribution in [1.29, 1.82) is 0 Å². The molecule has 37 heavy (non-hydrogen) atoms. The van der Waals surface area contributed by atoms with Crippen LogP contribution in [0.25, 0.3) is 0 Å². The van der Waals surface area contributed by atoms with E-state index in [1.54, 1.807) is 0 Å². The third kappa shape index (κ3) is 9.17. The molecule has 0 aliphatic heterocycles. The van der Waals surface area contributed by atoms with Crippen LogP contribution in [0.5, 0.6) is 0 Å². The van der Waals surface area contributed by atoms with Gasteiger partial charge < -0.3 is 20.8 Å². The lowest BCUT2D eigenvalue weighted by Gasteiger charge is -2.32. The molecule has 1 aromatic heterocycles. The summed E-state index contributed by atoms with van der Waals surface area (Å²) >= 11 is 2.36. The Kier molecular flexibility index (Phi) is 11.2. The van der Waals surface area contributed by atoms with Gasteiger partial charge in [0.05, 0.1) is 18.3 Å². The molecule has 2 amide bonds. The molecule has 10 nitrogen and oxygen atoms in total. The van der Waals surface area contributed by atoms with Gasteiger partial charge in [0.25, 0.3) is 5.91 Å². The number of halogens is 2. The Labute approximate surface area is 222 Å². The molecule has 0 fully saturated rings. The second kappa shape index (κ2) is 13.5.